The largest absolute Gasteiger partial charge is 0.496 e. The molecule has 0 atom stereocenters. The lowest BCUT2D eigenvalue weighted by Crippen LogP contribution is -2.30. The van der Waals surface area contributed by atoms with Gasteiger partial charge in [0, 0.05) is 19.2 Å². The van der Waals surface area contributed by atoms with Gasteiger partial charge in [-0.15, -0.1) is 5.10 Å². The van der Waals surface area contributed by atoms with Gasteiger partial charge in [-0.05, 0) is 41.1 Å². The Morgan fingerprint density at radius 1 is 1.33 bits per heavy atom. The summed E-state index contributed by atoms with van der Waals surface area (Å²) in [5, 5.41) is 11.2. The number of amides is 1. The van der Waals surface area contributed by atoms with Crippen LogP contribution in [0.4, 0.5) is 4.39 Å². The lowest BCUT2D eigenvalue weighted by atomic mass is 10.1. The maximum absolute atomic E-state index is 13.4. The molecule has 1 aromatic heterocycles. The summed E-state index contributed by atoms with van der Waals surface area (Å²) in [4.78, 5) is 14.6. The van der Waals surface area contributed by atoms with E-state index in [1.54, 1.807) is 23.1 Å². The second-order valence-corrected chi connectivity index (χ2v) is 6.11. The van der Waals surface area contributed by atoms with Gasteiger partial charge in [0.15, 0.2) is 0 Å². The highest BCUT2D eigenvalue weighted by molar-refractivity contribution is 6.33. The van der Waals surface area contributed by atoms with E-state index in [2.05, 4.69) is 15.5 Å². The molecule has 0 radical (unpaired) electrons. The van der Waals surface area contributed by atoms with E-state index in [0.29, 0.717) is 34.1 Å². The Balaban J connectivity index is 1.93. The van der Waals surface area contributed by atoms with Crippen LogP contribution in [0.1, 0.15) is 22.8 Å². The minimum atomic E-state index is -0.345. The van der Waals surface area contributed by atoms with Crippen LogP contribution in [-0.2, 0) is 6.54 Å². The number of carbonyl (C=O) groups excluding carboxylic acids is 1. The predicted molar refractivity (Wildman–Crippen MR) is 97.5 cm³/mol. The third kappa shape index (κ3) is 4.06. The Kier molecular flexibility index (Phi) is 5.66. The van der Waals surface area contributed by atoms with Crippen molar-refractivity contribution in [3.05, 3.63) is 64.7 Å². The van der Waals surface area contributed by atoms with Crippen molar-refractivity contribution in [2.75, 3.05) is 13.7 Å². The number of methoxy groups -OCH3 is 1. The highest BCUT2D eigenvalue weighted by Gasteiger charge is 2.22. The molecule has 2 aromatic carbocycles. The highest BCUT2D eigenvalue weighted by Crippen LogP contribution is 2.30. The zero-order chi connectivity index (χ0) is 19.4. The van der Waals surface area contributed by atoms with Crippen molar-refractivity contribution in [1.82, 2.24) is 25.1 Å². The summed E-state index contributed by atoms with van der Waals surface area (Å²) >= 11 is 6.33. The summed E-state index contributed by atoms with van der Waals surface area (Å²) in [5.74, 6) is -0.279. The summed E-state index contributed by atoms with van der Waals surface area (Å²) < 4.78 is 20.2. The molecule has 0 aliphatic rings. The van der Waals surface area contributed by atoms with Gasteiger partial charge >= 0.3 is 0 Å². The average molecular weight is 390 g/mol. The molecular weight excluding hydrogens is 373 g/mol. The molecule has 140 valence electrons. The fourth-order valence-corrected chi connectivity index (χ4v) is 2.93. The fraction of sp³-hybridized carbons (Fsp3) is 0.222. The van der Waals surface area contributed by atoms with E-state index in [4.69, 9.17) is 16.3 Å². The van der Waals surface area contributed by atoms with Gasteiger partial charge < -0.3 is 9.64 Å². The van der Waals surface area contributed by atoms with Crippen molar-refractivity contribution < 1.29 is 13.9 Å². The first kappa shape index (κ1) is 18.8. The minimum absolute atomic E-state index is 0.266. The fourth-order valence-electron chi connectivity index (χ4n) is 2.68. The highest BCUT2D eigenvalue weighted by atomic mass is 35.5. The SMILES string of the molecule is CCN(Cc1cccc(F)c1)C(=O)c1cc(Cl)c(-n2cnnn2)cc1OC. The second-order valence-electron chi connectivity index (χ2n) is 5.71. The first-order chi connectivity index (χ1) is 13.0. The van der Waals surface area contributed by atoms with Crippen molar-refractivity contribution in [1.29, 1.82) is 0 Å². The molecular formula is C18H17ClFN5O2. The molecule has 0 aliphatic carbocycles. The van der Waals surface area contributed by atoms with Crippen molar-refractivity contribution in [2.24, 2.45) is 0 Å². The van der Waals surface area contributed by atoms with E-state index in [1.165, 1.54) is 36.3 Å². The molecule has 0 spiro atoms. The molecule has 0 bridgehead atoms. The molecule has 9 heteroatoms. The van der Waals surface area contributed by atoms with Crippen molar-refractivity contribution in [3.63, 3.8) is 0 Å². The van der Waals surface area contributed by atoms with Gasteiger partial charge in [-0.2, -0.15) is 4.68 Å². The maximum Gasteiger partial charge on any atom is 0.257 e. The van der Waals surface area contributed by atoms with Crippen LogP contribution in [0.2, 0.25) is 5.02 Å². The molecule has 0 saturated carbocycles. The lowest BCUT2D eigenvalue weighted by Gasteiger charge is -2.22. The molecule has 0 aliphatic heterocycles. The molecule has 7 nitrogen and oxygen atoms in total. The molecule has 1 heterocycles. The van der Waals surface area contributed by atoms with Crippen molar-refractivity contribution in [3.8, 4) is 11.4 Å². The standard InChI is InChI=1S/C18H17ClFN5O2/c1-3-24(10-12-5-4-6-13(20)7-12)18(26)14-8-15(19)16(9-17(14)27-2)25-11-21-22-23-25/h4-9,11H,3,10H2,1-2H3. The summed E-state index contributed by atoms with van der Waals surface area (Å²) in [7, 11) is 1.46. The number of halogens is 2. The number of nitrogens with zero attached hydrogens (tertiary/aromatic N) is 5. The molecule has 0 unspecified atom stereocenters. The third-order valence-electron chi connectivity index (χ3n) is 4.03. The average Bonchev–Trinajstić information content (AvgIpc) is 3.20. The number of benzene rings is 2. The van der Waals surface area contributed by atoms with Crippen LogP contribution in [0.25, 0.3) is 5.69 Å². The van der Waals surface area contributed by atoms with Gasteiger partial charge in [0.05, 0.1) is 23.4 Å². The van der Waals surface area contributed by atoms with E-state index in [9.17, 15) is 9.18 Å². The van der Waals surface area contributed by atoms with Gasteiger partial charge in [0.1, 0.15) is 17.9 Å². The van der Waals surface area contributed by atoms with Crippen molar-refractivity contribution in [2.45, 2.75) is 13.5 Å². The Hall–Kier alpha value is -3.00. The van der Waals surface area contributed by atoms with Gasteiger partial charge in [-0.1, -0.05) is 23.7 Å². The van der Waals surface area contributed by atoms with Crippen molar-refractivity contribution >= 4 is 17.5 Å². The number of ether oxygens (including phenoxy) is 1. The Morgan fingerprint density at radius 2 is 2.15 bits per heavy atom. The predicted octanol–water partition coefficient (Wildman–Crippen LogP) is 3.13. The number of hydrogen-bond acceptors (Lipinski definition) is 5. The monoisotopic (exact) mass is 389 g/mol. The first-order valence-corrected chi connectivity index (χ1v) is 8.56. The number of aromatic nitrogens is 4. The molecule has 1 amide bonds. The molecule has 27 heavy (non-hydrogen) atoms. The third-order valence-corrected chi connectivity index (χ3v) is 4.33. The van der Waals surface area contributed by atoms with Gasteiger partial charge in [-0.25, -0.2) is 4.39 Å². The maximum atomic E-state index is 13.4. The van der Waals surface area contributed by atoms with Gasteiger partial charge in [0.25, 0.3) is 5.91 Å². The Morgan fingerprint density at radius 3 is 2.78 bits per heavy atom. The number of rotatable bonds is 6. The molecule has 3 rings (SSSR count). The van der Waals surface area contributed by atoms with Crippen LogP contribution in [0.3, 0.4) is 0 Å². The quantitative estimate of drug-likeness (QED) is 0.647. The van der Waals surface area contributed by atoms with Crippen LogP contribution in [-0.4, -0.2) is 44.7 Å². The van der Waals surface area contributed by atoms with Gasteiger partial charge in [-0.3, -0.25) is 4.79 Å². The topological polar surface area (TPSA) is 73.1 Å². The number of carbonyl (C=O) groups is 1. The van der Waals surface area contributed by atoms with Gasteiger partial charge in [0.2, 0.25) is 0 Å². The number of hydrogen-bond donors (Lipinski definition) is 0. The zero-order valence-corrected chi connectivity index (χ0v) is 15.5. The molecule has 0 N–H and O–H groups in total. The summed E-state index contributed by atoms with van der Waals surface area (Å²) in [5.41, 5.74) is 1.49. The molecule has 0 fully saturated rings. The van der Waals surface area contributed by atoms with E-state index >= 15 is 0 Å². The van der Waals surface area contributed by atoms with E-state index < -0.39 is 0 Å². The summed E-state index contributed by atoms with van der Waals surface area (Å²) in [6.45, 7) is 2.55. The summed E-state index contributed by atoms with van der Waals surface area (Å²) in [6.07, 6.45) is 1.39. The van der Waals surface area contributed by atoms with Crippen LogP contribution in [0.15, 0.2) is 42.7 Å². The van der Waals surface area contributed by atoms with E-state index in [-0.39, 0.29) is 18.3 Å². The lowest BCUT2D eigenvalue weighted by molar-refractivity contribution is 0.0749. The second kappa shape index (κ2) is 8.13. The first-order valence-electron chi connectivity index (χ1n) is 8.18. The normalized spacial score (nSPS) is 10.7. The minimum Gasteiger partial charge on any atom is -0.496 e. The molecule has 0 saturated heterocycles. The van der Waals surface area contributed by atoms with Crippen LogP contribution in [0, 0.1) is 5.82 Å². The Bertz CT molecular complexity index is 949. The Labute approximate surface area is 160 Å². The zero-order valence-electron chi connectivity index (χ0n) is 14.8. The van der Waals surface area contributed by atoms with E-state index in [0.717, 1.165) is 0 Å². The van der Waals surface area contributed by atoms with E-state index in [1.807, 2.05) is 6.92 Å². The van der Waals surface area contributed by atoms with Crippen LogP contribution in [0.5, 0.6) is 5.75 Å². The summed E-state index contributed by atoms with van der Waals surface area (Å²) in [6, 6.07) is 9.27. The van der Waals surface area contributed by atoms with Crippen LogP contribution >= 0.6 is 11.6 Å². The smallest absolute Gasteiger partial charge is 0.257 e. The number of tetrazole rings is 1. The molecule has 3 aromatic rings. The van der Waals surface area contributed by atoms with Crippen LogP contribution < -0.4 is 4.74 Å².